The molecule has 0 aliphatic carbocycles. The Morgan fingerprint density at radius 1 is 0.221 bits per heavy atom. The molecule has 2 aromatic heterocycles. The fourth-order valence-corrected chi connectivity index (χ4v) is 9.34. The Morgan fingerprint density at radius 3 is 1.43 bits per heavy atom. The summed E-state index contributed by atoms with van der Waals surface area (Å²) >= 11 is 0. The number of pyridine rings is 1. The molecule has 0 fully saturated rings. The first-order chi connectivity index (χ1) is 33.7. The van der Waals surface area contributed by atoms with Crippen molar-refractivity contribution in [3.8, 4) is 101 Å². The maximum Gasteiger partial charge on any atom is 0.164 e. The van der Waals surface area contributed by atoms with Crippen LogP contribution in [0.25, 0.3) is 122 Å². The summed E-state index contributed by atoms with van der Waals surface area (Å²) in [5.74, 6) is 1.76. The van der Waals surface area contributed by atoms with Crippen LogP contribution in [0, 0.1) is 0 Å². The third-order valence-electron chi connectivity index (χ3n) is 12.8. The van der Waals surface area contributed by atoms with E-state index in [9.17, 15) is 0 Å². The van der Waals surface area contributed by atoms with Gasteiger partial charge >= 0.3 is 0 Å². The molecule has 0 bridgehead atoms. The smallest absolute Gasteiger partial charge is 0.164 e. The predicted molar refractivity (Wildman–Crippen MR) is 282 cm³/mol. The van der Waals surface area contributed by atoms with Gasteiger partial charge in [0.25, 0.3) is 0 Å². The summed E-state index contributed by atoms with van der Waals surface area (Å²) in [5.41, 5.74) is 16.0. The summed E-state index contributed by atoms with van der Waals surface area (Å²) in [5, 5.41) is 4.86. The van der Waals surface area contributed by atoms with Crippen LogP contribution < -0.4 is 0 Å². The van der Waals surface area contributed by atoms with Gasteiger partial charge in [-0.2, -0.15) is 0 Å². The van der Waals surface area contributed by atoms with Gasteiger partial charge in [0.1, 0.15) is 0 Å². The Bertz CT molecular complexity index is 3780. The van der Waals surface area contributed by atoms with Gasteiger partial charge in [0.15, 0.2) is 17.5 Å². The molecule has 0 radical (unpaired) electrons. The second-order valence-electron chi connectivity index (χ2n) is 17.1. The van der Waals surface area contributed by atoms with E-state index < -0.39 is 0 Å². The van der Waals surface area contributed by atoms with Crippen LogP contribution in [0.15, 0.2) is 255 Å². The van der Waals surface area contributed by atoms with E-state index in [1.807, 2.05) is 18.5 Å². The fraction of sp³-hybridized carbons (Fsp3) is 0. The lowest BCUT2D eigenvalue weighted by atomic mass is 9.91. The highest BCUT2D eigenvalue weighted by Gasteiger charge is 2.18. The quantitative estimate of drug-likeness (QED) is 0.145. The molecule has 12 rings (SSSR count). The van der Waals surface area contributed by atoms with E-state index in [4.69, 9.17) is 15.0 Å². The van der Waals surface area contributed by atoms with E-state index >= 15 is 0 Å². The van der Waals surface area contributed by atoms with E-state index in [0.29, 0.717) is 17.5 Å². The predicted octanol–water partition coefficient (Wildman–Crippen LogP) is 16.6. The summed E-state index contributed by atoms with van der Waals surface area (Å²) in [6.45, 7) is 0. The standard InChI is InChI=1S/C64H42N4/c1-2-15-46(16-3-1)59-26-8-9-27-61(59)56-39-55(54-24-13-35-65-42-54)40-57(41-56)64-67-62(66-63(68-64)53-23-11-21-51(38-53)60-28-12-19-47-17-6-7-25-58(47)60)52-22-10-20-49(37-52)44-29-31-45(32-30-44)50-34-33-43-14-4-5-18-48(43)36-50/h1-42H. The molecule has 0 N–H and O–H groups in total. The van der Waals surface area contributed by atoms with Crippen molar-refractivity contribution in [1.29, 1.82) is 0 Å². The number of benzene rings is 10. The first kappa shape index (κ1) is 40.4. The van der Waals surface area contributed by atoms with Crippen molar-refractivity contribution in [2.75, 3.05) is 0 Å². The first-order valence-electron chi connectivity index (χ1n) is 22.9. The molecular weight excluding hydrogens is 825 g/mol. The van der Waals surface area contributed by atoms with Crippen LogP contribution in [0.4, 0.5) is 0 Å². The van der Waals surface area contributed by atoms with Crippen molar-refractivity contribution in [1.82, 2.24) is 19.9 Å². The zero-order valence-electron chi connectivity index (χ0n) is 37.0. The molecule has 0 aliphatic heterocycles. The van der Waals surface area contributed by atoms with E-state index in [1.54, 1.807) is 0 Å². The molecule has 4 nitrogen and oxygen atoms in total. The second kappa shape index (κ2) is 17.7. The molecule has 10 aromatic carbocycles. The summed E-state index contributed by atoms with van der Waals surface area (Å²) in [6.07, 6.45) is 3.72. The molecule has 0 amide bonds. The molecule has 0 aliphatic rings. The average molecular weight is 867 g/mol. The minimum atomic E-state index is 0.579. The van der Waals surface area contributed by atoms with E-state index in [-0.39, 0.29) is 0 Å². The Balaban J connectivity index is 1.01. The minimum Gasteiger partial charge on any atom is -0.264 e. The Morgan fingerprint density at radius 2 is 0.691 bits per heavy atom. The summed E-state index contributed by atoms with van der Waals surface area (Å²) in [7, 11) is 0. The monoisotopic (exact) mass is 866 g/mol. The highest BCUT2D eigenvalue weighted by atomic mass is 15.0. The minimum absolute atomic E-state index is 0.579. The van der Waals surface area contributed by atoms with E-state index in [2.05, 4.69) is 242 Å². The fourth-order valence-electron chi connectivity index (χ4n) is 9.34. The van der Waals surface area contributed by atoms with Crippen molar-refractivity contribution in [2.24, 2.45) is 0 Å². The lowest BCUT2D eigenvalue weighted by Gasteiger charge is -2.15. The number of aromatic nitrogens is 4. The molecule has 0 saturated carbocycles. The SMILES string of the molecule is c1ccc(-c2ccccc2-c2cc(-c3cccnc3)cc(-c3nc(-c4cccc(-c5ccc(-c6ccc7ccccc7c6)cc5)c4)nc(-c4cccc(-c5cccc6ccccc56)c4)n3)c2)cc1. The number of rotatable bonds is 9. The lowest BCUT2D eigenvalue weighted by Crippen LogP contribution is -2.01. The molecule has 0 unspecified atom stereocenters. The lowest BCUT2D eigenvalue weighted by molar-refractivity contribution is 1.07. The van der Waals surface area contributed by atoms with Gasteiger partial charge in [0.2, 0.25) is 0 Å². The number of nitrogens with zero attached hydrogens (tertiary/aromatic N) is 4. The number of hydrogen-bond acceptors (Lipinski definition) is 4. The Kier molecular flexibility index (Phi) is 10.5. The van der Waals surface area contributed by atoms with Crippen molar-refractivity contribution < 1.29 is 0 Å². The highest BCUT2D eigenvalue weighted by Crippen LogP contribution is 2.39. The number of fused-ring (bicyclic) bond motifs is 2. The largest absolute Gasteiger partial charge is 0.264 e. The summed E-state index contributed by atoms with van der Waals surface area (Å²) in [4.78, 5) is 20.5. The van der Waals surface area contributed by atoms with Crippen LogP contribution in [0.1, 0.15) is 0 Å². The average Bonchev–Trinajstić information content (AvgIpc) is 3.43. The normalized spacial score (nSPS) is 11.2. The van der Waals surface area contributed by atoms with Crippen LogP contribution in [0.5, 0.6) is 0 Å². The summed E-state index contributed by atoms with van der Waals surface area (Å²) < 4.78 is 0. The van der Waals surface area contributed by atoms with Gasteiger partial charge in [-0.05, 0) is 125 Å². The van der Waals surface area contributed by atoms with Gasteiger partial charge in [0, 0.05) is 34.6 Å². The molecule has 12 aromatic rings. The molecule has 318 valence electrons. The zero-order valence-corrected chi connectivity index (χ0v) is 37.0. The first-order valence-corrected chi connectivity index (χ1v) is 22.9. The van der Waals surface area contributed by atoms with Crippen molar-refractivity contribution in [2.45, 2.75) is 0 Å². The van der Waals surface area contributed by atoms with Gasteiger partial charge in [-0.3, -0.25) is 4.98 Å². The Hall–Kier alpha value is -9.12. The van der Waals surface area contributed by atoms with Gasteiger partial charge in [-0.25, -0.2) is 15.0 Å². The molecule has 0 saturated heterocycles. The van der Waals surface area contributed by atoms with E-state index in [0.717, 1.165) is 72.3 Å². The van der Waals surface area contributed by atoms with Crippen LogP contribution >= 0.6 is 0 Å². The molecule has 68 heavy (non-hydrogen) atoms. The number of hydrogen-bond donors (Lipinski definition) is 0. The van der Waals surface area contributed by atoms with Gasteiger partial charge in [-0.1, -0.05) is 200 Å². The molecule has 0 spiro atoms. The topological polar surface area (TPSA) is 51.6 Å². The third-order valence-corrected chi connectivity index (χ3v) is 12.8. The zero-order chi connectivity index (χ0) is 45.2. The van der Waals surface area contributed by atoms with Gasteiger partial charge < -0.3 is 0 Å². The molecular formula is C64H42N4. The van der Waals surface area contributed by atoms with E-state index in [1.165, 1.54) is 32.7 Å². The molecule has 0 atom stereocenters. The summed E-state index contributed by atoms with van der Waals surface area (Å²) in [6, 6.07) is 85.9. The van der Waals surface area contributed by atoms with Crippen LogP contribution in [0.2, 0.25) is 0 Å². The van der Waals surface area contributed by atoms with Crippen LogP contribution in [0.3, 0.4) is 0 Å². The third kappa shape index (κ3) is 8.01. The van der Waals surface area contributed by atoms with Crippen LogP contribution in [-0.4, -0.2) is 19.9 Å². The Labute approximate surface area is 395 Å². The molecule has 2 heterocycles. The van der Waals surface area contributed by atoms with Crippen LogP contribution in [-0.2, 0) is 0 Å². The van der Waals surface area contributed by atoms with Crippen molar-refractivity contribution in [3.05, 3.63) is 255 Å². The van der Waals surface area contributed by atoms with Gasteiger partial charge in [-0.15, -0.1) is 0 Å². The maximum absolute atomic E-state index is 5.35. The van der Waals surface area contributed by atoms with Gasteiger partial charge in [0.05, 0.1) is 0 Å². The second-order valence-corrected chi connectivity index (χ2v) is 17.1. The molecule has 4 heteroatoms. The highest BCUT2D eigenvalue weighted by molar-refractivity contribution is 5.97. The van der Waals surface area contributed by atoms with Crippen molar-refractivity contribution in [3.63, 3.8) is 0 Å². The van der Waals surface area contributed by atoms with Crippen molar-refractivity contribution >= 4 is 21.5 Å². The maximum atomic E-state index is 5.35.